The molecule has 0 radical (unpaired) electrons. The molecule has 1 heterocycles. The van der Waals surface area contributed by atoms with Crippen LogP contribution in [0.1, 0.15) is 38.5 Å². The molecule has 1 aliphatic heterocycles. The lowest BCUT2D eigenvalue weighted by Gasteiger charge is -2.19. The summed E-state index contributed by atoms with van der Waals surface area (Å²) in [6.45, 7) is -2.24. The SMILES string of the molecule is O=C1C2CCCCC2C(=O)N1CCCCNCCSP(=O)(O)O. The van der Waals surface area contributed by atoms with Gasteiger partial charge in [0.25, 0.3) is 0 Å². The van der Waals surface area contributed by atoms with Crippen LogP contribution in [0.5, 0.6) is 0 Å². The van der Waals surface area contributed by atoms with Crippen LogP contribution in [0.3, 0.4) is 0 Å². The summed E-state index contributed by atoms with van der Waals surface area (Å²) in [5.74, 6) is 0.256. The molecular formula is C14H25N2O5PS. The third-order valence-corrected chi connectivity index (χ3v) is 6.74. The first-order chi connectivity index (χ1) is 10.9. The van der Waals surface area contributed by atoms with E-state index in [0.717, 1.165) is 38.5 Å². The average Bonchev–Trinajstić information content (AvgIpc) is 2.74. The first kappa shape index (κ1) is 18.9. The molecule has 2 unspecified atom stereocenters. The van der Waals surface area contributed by atoms with E-state index in [1.807, 2.05) is 0 Å². The highest BCUT2D eigenvalue weighted by atomic mass is 32.7. The number of nitrogens with zero attached hydrogens (tertiary/aromatic N) is 1. The van der Waals surface area contributed by atoms with Crippen molar-refractivity contribution in [2.75, 3.05) is 25.4 Å². The van der Waals surface area contributed by atoms with E-state index in [2.05, 4.69) is 5.32 Å². The third kappa shape index (κ3) is 5.57. The number of amides is 2. The summed E-state index contributed by atoms with van der Waals surface area (Å²) < 4.78 is 10.6. The van der Waals surface area contributed by atoms with Crippen molar-refractivity contribution in [3.05, 3.63) is 0 Å². The van der Waals surface area contributed by atoms with E-state index in [1.165, 1.54) is 4.90 Å². The molecule has 3 N–H and O–H groups in total. The van der Waals surface area contributed by atoms with Crippen LogP contribution < -0.4 is 5.32 Å². The van der Waals surface area contributed by atoms with Gasteiger partial charge in [-0.25, -0.2) is 4.57 Å². The number of fused-ring (bicyclic) bond motifs is 1. The van der Waals surface area contributed by atoms with E-state index < -0.39 is 6.80 Å². The van der Waals surface area contributed by atoms with Crippen LogP contribution >= 0.6 is 18.2 Å². The number of likely N-dealkylation sites (tertiary alicyclic amines) is 1. The number of nitrogens with one attached hydrogen (secondary N) is 1. The number of carbonyl (C=O) groups excluding carboxylic acids is 2. The van der Waals surface area contributed by atoms with Crippen LogP contribution in [0.25, 0.3) is 0 Å². The second-order valence-corrected chi connectivity index (χ2v) is 9.96. The molecule has 1 saturated carbocycles. The second kappa shape index (κ2) is 8.62. The van der Waals surface area contributed by atoms with Gasteiger partial charge in [0.05, 0.1) is 11.8 Å². The lowest BCUT2D eigenvalue weighted by Crippen LogP contribution is -2.32. The Balaban J connectivity index is 1.58. The fraction of sp³-hybridized carbons (Fsp3) is 0.857. The van der Waals surface area contributed by atoms with Crippen LogP contribution in [0.15, 0.2) is 0 Å². The van der Waals surface area contributed by atoms with Crippen molar-refractivity contribution in [3.8, 4) is 0 Å². The highest BCUT2D eigenvalue weighted by Crippen LogP contribution is 2.49. The van der Waals surface area contributed by atoms with Gasteiger partial charge in [-0.05, 0) is 43.6 Å². The maximum Gasteiger partial charge on any atom is 0.384 e. The highest BCUT2D eigenvalue weighted by Gasteiger charge is 2.47. The monoisotopic (exact) mass is 364 g/mol. The third-order valence-electron chi connectivity index (χ3n) is 4.46. The molecule has 2 amide bonds. The van der Waals surface area contributed by atoms with Gasteiger partial charge in [-0.1, -0.05) is 12.8 Å². The quantitative estimate of drug-likeness (QED) is 0.322. The molecule has 9 heteroatoms. The molecule has 2 atom stereocenters. The molecule has 1 aliphatic carbocycles. The zero-order chi connectivity index (χ0) is 16.9. The fourth-order valence-electron chi connectivity index (χ4n) is 3.33. The molecule has 1 saturated heterocycles. The van der Waals surface area contributed by atoms with Crippen molar-refractivity contribution in [1.82, 2.24) is 10.2 Å². The van der Waals surface area contributed by atoms with Crippen LogP contribution in [-0.2, 0) is 14.2 Å². The minimum Gasteiger partial charge on any atom is -0.317 e. The Kier molecular flexibility index (Phi) is 7.10. The standard InChI is InChI=1S/C14H25N2O5PS/c17-13-11-5-1-2-6-12(11)14(18)16(13)9-4-3-7-15-8-10-23-22(19,20)21/h11-12,15H,1-10H2,(H2,19,20,21). The summed E-state index contributed by atoms with van der Waals surface area (Å²) in [4.78, 5) is 43.4. The minimum atomic E-state index is -3.97. The predicted molar refractivity (Wildman–Crippen MR) is 88.8 cm³/mol. The fourth-order valence-corrected chi connectivity index (χ4v) is 4.79. The van der Waals surface area contributed by atoms with Crippen molar-refractivity contribution in [2.24, 2.45) is 11.8 Å². The van der Waals surface area contributed by atoms with E-state index in [0.29, 0.717) is 36.8 Å². The van der Waals surface area contributed by atoms with Gasteiger partial charge in [0.1, 0.15) is 0 Å². The molecule has 7 nitrogen and oxygen atoms in total. The molecular weight excluding hydrogens is 339 g/mol. The van der Waals surface area contributed by atoms with Gasteiger partial charge in [0, 0.05) is 18.8 Å². The molecule has 2 fully saturated rings. The molecule has 0 aromatic rings. The highest BCUT2D eigenvalue weighted by molar-refractivity contribution is 8.54. The summed E-state index contributed by atoms with van der Waals surface area (Å²) in [6, 6.07) is 0. The Morgan fingerprint density at radius 1 is 1.09 bits per heavy atom. The van der Waals surface area contributed by atoms with Crippen molar-refractivity contribution >= 4 is 30.0 Å². The molecule has 2 aliphatic rings. The molecule has 132 valence electrons. The normalized spacial score (nSPS) is 25.0. The Hall–Kier alpha value is -0.400. The van der Waals surface area contributed by atoms with E-state index in [4.69, 9.17) is 9.79 Å². The van der Waals surface area contributed by atoms with E-state index in [1.54, 1.807) is 0 Å². The van der Waals surface area contributed by atoms with Gasteiger partial charge in [0.15, 0.2) is 0 Å². The smallest absolute Gasteiger partial charge is 0.317 e. The van der Waals surface area contributed by atoms with Crippen molar-refractivity contribution in [3.63, 3.8) is 0 Å². The number of hydrogen-bond donors (Lipinski definition) is 3. The van der Waals surface area contributed by atoms with Crippen LogP contribution in [0.4, 0.5) is 0 Å². The number of rotatable bonds is 9. The number of carbonyl (C=O) groups is 2. The number of hydrogen-bond acceptors (Lipinski definition) is 5. The molecule has 0 aromatic carbocycles. The lowest BCUT2D eigenvalue weighted by molar-refractivity contribution is -0.139. The first-order valence-corrected chi connectivity index (χ1v) is 11.4. The summed E-state index contributed by atoms with van der Waals surface area (Å²) in [6.07, 6.45) is 5.38. The van der Waals surface area contributed by atoms with Crippen LogP contribution in [0.2, 0.25) is 0 Å². The zero-order valence-electron chi connectivity index (χ0n) is 13.1. The van der Waals surface area contributed by atoms with E-state index >= 15 is 0 Å². The molecule has 2 rings (SSSR count). The van der Waals surface area contributed by atoms with Gasteiger partial charge >= 0.3 is 6.80 Å². The molecule has 0 spiro atoms. The molecule has 23 heavy (non-hydrogen) atoms. The maximum atomic E-state index is 12.3. The summed E-state index contributed by atoms with van der Waals surface area (Å²) in [5.41, 5.74) is 0. The topological polar surface area (TPSA) is 107 Å². The van der Waals surface area contributed by atoms with Gasteiger partial charge < -0.3 is 15.1 Å². The zero-order valence-corrected chi connectivity index (χ0v) is 14.9. The molecule has 0 bridgehead atoms. The Morgan fingerprint density at radius 3 is 2.26 bits per heavy atom. The van der Waals surface area contributed by atoms with Gasteiger partial charge in [-0.2, -0.15) is 0 Å². The predicted octanol–water partition coefficient (Wildman–Crippen LogP) is 1.36. The summed E-state index contributed by atoms with van der Waals surface area (Å²) >= 11 is 0.636. The Labute approximate surface area is 140 Å². The van der Waals surface area contributed by atoms with E-state index in [9.17, 15) is 14.2 Å². The van der Waals surface area contributed by atoms with E-state index in [-0.39, 0.29) is 23.7 Å². The van der Waals surface area contributed by atoms with Crippen molar-refractivity contribution in [1.29, 1.82) is 0 Å². The van der Waals surface area contributed by atoms with Crippen LogP contribution in [0, 0.1) is 11.8 Å². The van der Waals surface area contributed by atoms with Crippen molar-refractivity contribution < 1.29 is 23.9 Å². The summed E-state index contributed by atoms with van der Waals surface area (Å²) in [5, 5.41) is 3.10. The van der Waals surface area contributed by atoms with Gasteiger partial charge in [-0.3, -0.25) is 14.5 Å². The molecule has 0 aromatic heterocycles. The van der Waals surface area contributed by atoms with Crippen molar-refractivity contribution in [2.45, 2.75) is 38.5 Å². The minimum absolute atomic E-state index is 0.0192. The maximum absolute atomic E-state index is 12.3. The average molecular weight is 364 g/mol. The number of imide groups is 1. The van der Waals surface area contributed by atoms with Crippen LogP contribution in [-0.4, -0.2) is 51.9 Å². The van der Waals surface area contributed by atoms with Gasteiger partial charge in [-0.15, -0.1) is 0 Å². The number of unbranched alkanes of at least 4 members (excludes halogenated alkanes) is 1. The summed E-state index contributed by atoms with van der Waals surface area (Å²) in [7, 11) is 0. The van der Waals surface area contributed by atoms with Gasteiger partial charge in [0.2, 0.25) is 11.8 Å². The second-order valence-electron chi connectivity index (χ2n) is 6.11. The largest absolute Gasteiger partial charge is 0.384 e. The Bertz CT molecular complexity index is 460. The Morgan fingerprint density at radius 2 is 1.70 bits per heavy atom. The first-order valence-electron chi connectivity index (χ1n) is 8.16. The lowest BCUT2D eigenvalue weighted by atomic mass is 9.81.